The maximum absolute atomic E-state index is 11.8. The monoisotopic (exact) mass is 288 g/mol. The predicted molar refractivity (Wildman–Crippen MR) is 55.6 cm³/mol. The molecule has 0 aliphatic carbocycles. The third-order valence-corrected chi connectivity index (χ3v) is 3.13. The van der Waals surface area contributed by atoms with Crippen LogP contribution < -0.4 is 4.74 Å². The molecule has 96 valence electrons. The van der Waals surface area contributed by atoms with Crippen molar-refractivity contribution in [2.24, 2.45) is 0 Å². The lowest BCUT2D eigenvalue weighted by atomic mass is 10.3. The van der Waals surface area contributed by atoms with E-state index in [4.69, 9.17) is 15.4 Å². The molecule has 0 aliphatic rings. The molecule has 1 aromatic carbocycles. The maximum Gasteiger partial charge on any atom is 0.392 e. The van der Waals surface area contributed by atoms with Gasteiger partial charge in [-0.05, 0) is 24.3 Å². The standard InChI is InChI=1S/C9H8ClF3O3S/c10-17(14,15)8-3-1-7(2-4-8)16-6-5-9(11,12)13/h1-4H,5-6H2. The Morgan fingerprint density at radius 1 is 1.18 bits per heavy atom. The molecule has 0 fully saturated rings. The molecule has 0 aromatic heterocycles. The fourth-order valence-corrected chi connectivity index (χ4v) is 1.75. The highest BCUT2D eigenvalue weighted by atomic mass is 35.7. The number of hydrogen-bond acceptors (Lipinski definition) is 3. The number of halogens is 4. The first-order valence-electron chi connectivity index (χ1n) is 4.43. The summed E-state index contributed by atoms with van der Waals surface area (Å²) in [4.78, 5) is -0.137. The lowest BCUT2D eigenvalue weighted by molar-refractivity contribution is -0.139. The molecule has 1 rings (SSSR count). The van der Waals surface area contributed by atoms with Crippen molar-refractivity contribution < 1.29 is 26.3 Å². The van der Waals surface area contributed by atoms with Gasteiger partial charge in [-0.25, -0.2) is 8.42 Å². The van der Waals surface area contributed by atoms with E-state index in [1.54, 1.807) is 0 Å². The molecule has 0 bridgehead atoms. The lowest BCUT2D eigenvalue weighted by Crippen LogP contribution is -2.12. The molecule has 0 saturated heterocycles. The Kier molecular flexibility index (Phi) is 4.26. The third kappa shape index (κ3) is 5.27. The van der Waals surface area contributed by atoms with E-state index in [2.05, 4.69) is 0 Å². The molecule has 0 unspecified atom stereocenters. The minimum Gasteiger partial charge on any atom is -0.493 e. The van der Waals surface area contributed by atoms with Crippen molar-refractivity contribution in [2.45, 2.75) is 17.5 Å². The van der Waals surface area contributed by atoms with Crippen LogP contribution in [0.3, 0.4) is 0 Å². The average molecular weight is 289 g/mol. The van der Waals surface area contributed by atoms with Crippen LogP contribution in [-0.2, 0) is 9.05 Å². The van der Waals surface area contributed by atoms with Gasteiger partial charge in [-0.1, -0.05) is 0 Å². The van der Waals surface area contributed by atoms with Crippen LogP contribution >= 0.6 is 10.7 Å². The Labute approximate surface area is 101 Å². The molecule has 8 heteroatoms. The van der Waals surface area contributed by atoms with E-state index in [1.165, 1.54) is 12.1 Å². The molecule has 0 amide bonds. The summed E-state index contributed by atoms with van der Waals surface area (Å²) in [5, 5.41) is 0. The van der Waals surface area contributed by atoms with Crippen LogP contribution in [0.15, 0.2) is 29.2 Å². The van der Waals surface area contributed by atoms with Crippen molar-refractivity contribution in [1.29, 1.82) is 0 Å². The van der Waals surface area contributed by atoms with Gasteiger partial charge >= 0.3 is 6.18 Å². The van der Waals surface area contributed by atoms with E-state index >= 15 is 0 Å². The van der Waals surface area contributed by atoms with Crippen LogP contribution in [-0.4, -0.2) is 21.2 Å². The summed E-state index contributed by atoms with van der Waals surface area (Å²) in [6.45, 7) is -0.517. The zero-order valence-electron chi connectivity index (χ0n) is 8.37. The predicted octanol–water partition coefficient (Wildman–Crippen LogP) is 2.95. The molecule has 1 aromatic rings. The van der Waals surface area contributed by atoms with Gasteiger partial charge in [0, 0.05) is 10.7 Å². The first-order valence-corrected chi connectivity index (χ1v) is 6.74. The molecule has 0 saturated carbocycles. The van der Waals surface area contributed by atoms with Crippen LogP contribution in [0.4, 0.5) is 13.2 Å². The van der Waals surface area contributed by atoms with Crippen LogP contribution in [0, 0.1) is 0 Å². The summed E-state index contributed by atoms with van der Waals surface area (Å²) in [5.74, 6) is 0.151. The van der Waals surface area contributed by atoms with Gasteiger partial charge in [0.25, 0.3) is 9.05 Å². The van der Waals surface area contributed by atoms with Gasteiger partial charge in [-0.15, -0.1) is 0 Å². The molecular formula is C9H8ClF3O3S. The minimum absolute atomic E-state index is 0.137. The van der Waals surface area contributed by atoms with E-state index in [1.807, 2.05) is 0 Å². The maximum atomic E-state index is 11.8. The second kappa shape index (κ2) is 5.14. The number of rotatable bonds is 4. The first kappa shape index (κ1) is 14.1. The second-order valence-corrected chi connectivity index (χ2v) is 5.69. The summed E-state index contributed by atoms with van der Waals surface area (Å²) in [6.07, 6.45) is -5.35. The van der Waals surface area contributed by atoms with E-state index in [0.717, 1.165) is 12.1 Å². The Hall–Kier alpha value is -0.950. The first-order chi connectivity index (χ1) is 7.68. The molecule has 3 nitrogen and oxygen atoms in total. The summed E-state index contributed by atoms with van der Waals surface area (Å²) in [7, 11) is 1.23. The van der Waals surface area contributed by atoms with Crippen molar-refractivity contribution >= 4 is 19.7 Å². The van der Waals surface area contributed by atoms with Gasteiger partial charge in [-0.2, -0.15) is 13.2 Å². The molecule has 17 heavy (non-hydrogen) atoms. The van der Waals surface area contributed by atoms with E-state index < -0.39 is 28.3 Å². The van der Waals surface area contributed by atoms with Gasteiger partial charge in [0.05, 0.1) is 17.9 Å². The average Bonchev–Trinajstić information content (AvgIpc) is 2.15. The normalized spacial score (nSPS) is 12.5. The minimum atomic E-state index is -4.28. The third-order valence-electron chi connectivity index (χ3n) is 1.76. The van der Waals surface area contributed by atoms with Crippen LogP contribution in [0.25, 0.3) is 0 Å². The Morgan fingerprint density at radius 3 is 2.12 bits per heavy atom. The summed E-state index contributed by atoms with van der Waals surface area (Å²) >= 11 is 0. The number of ether oxygens (including phenoxy) is 1. The molecule has 0 atom stereocenters. The van der Waals surface area contributed by atoms with Crippen molar-refractivity contribution in [3.63, 3.8) is 0 Å². The molecule has 0 N–H and O–H groups in total. The summed E-state index contributed by atoms with van der Waals surface area (Å²) in [5.41, 5.74) is 0. The largest absolute Gasteiger partial charge is 0.493 e. The Morgan fingerprint density at radius 2 is 1.71 bits per heavy atom. The van der Waals surface area contributed by atoms with Crippen molar-refractivity contribution in [2.75, 3.05) is 6.61 Å². The van der Waals surface area contributed by atoms with E-state index in [0.29, 0.717) is 0 Å². The number of hydrogen-bond donors (Lipinski definition) is 0. The summed E-state index contributed by atoms with van der Waals surface area (Å²) < 4.78 is 61.9. The second-order valence-electron chi connectivity index (χ2n) is 3.12. The quantitative estimate of drug-likeness (QED) is 0.800. The smallest absolute Gasteiger partial charge is 0.392 e. The van der Waals surface area contributed by atoms with E-state index in [-0.39, 0.29) is 10.6 Å². The van der Waals surface area contributed by atoms with Crippen molar-refractivity contribution in [1.82, 2.24) is 0 Å². The Balaban J connectivity index is 2.58. The molecule has 0 spiro atoms. The zero-order chi connectivity index (χ0) is 13.1. The van der Waals surface area contributed by atoms with Crippen LogP contribution in [0.5, 0.6) is 5.75 Å². The summed E-state index contributed by atoms with van der Waals surface area (Å²) in [6, 6.07) is 4.80. The highest BCUT2D eigenvalue weighted by Crippen LogP contribution is 2.22. The highest BCUT2D eigenvalue weighted by molar-refractivity contribution is 8.13. The van der Waals surface area contributed by atoms with Crippen LogP contribution in [0.2, 0.25) is 0 Å². The fourth-order valence-electron chi connectivity index (χ4n) is 0.983. The topological polar surface area (TPSA) is 43.4 Å². The van der Waals surface area contributed by atoms with Crippen LogP contribution in [0.1, 0.15) is 6.42 Å². The number of benzene rings is 1. The molecule has 0 radical (unpaired) electrons. The molecule has 0 heterocycles. The van der Waals surface area contributed by atoms with Gasteiger partial charge in [0.2, 0.25) is 0 Å². The Bertz CT molecular complexity index is 467. The van der Waals surface area contributed by atoms with Gasteiger partial charge in [0.15, 0.2) is 0 Å². The molecule has 0 aliphatic heterocycles. The fraction of sp³-hybridized carbons (Fsp3) is 0.333. The number of alkyl halides is 3. The molecular weight excluding hydrogens is 281 g/mol. The van der Waals surface area contributed by atoms with Crippen molar-refractivity contribution in [3.8, 4) is 5.75 Å². The van der Waals surface area contributed by atoms with Gasteiger partial charge in [-0.3, -0.25) is 0 Å². The zero-order valence-corrected chi connectivity index (χ0v) is 9.94. The highest BCUT2D eigenvalue weighted by Gasteiger charge is 2.26. The lowest BCUT2D eigenvalue weighted by Gasteiger charge is -2.08. The van der Waals surface area contributed by atoms with Crippen molar-refractivity contribution in [3.05, 3.63) is 24.3 Å². The van der Waals surface area contributed by atoms with Gasteiger partial charge < -0.3 is 4.74 Å². The van der Waals surface area contributed by atoms with Gasteiger partial charge in [0.1, 0.15) is 5.75 Å². The van der Waals surface area contributed by atoms with E-state index in [9.17, 15) is 21.6 Å². The SMILES string of the molecule is O=S(=O)(Cl)c1ccc(OCCC(F)(F)F)cc1.